The number of aromatic carboxylic acids is 1. The number of nitrogens with one attached hydrogen (secondary N) is 1. The lowest BCUT2D eigenvalue weighted by atomic mass is 10.1. The van der Waals surface area contributed by atoms with Crippen LogP contribution in [0.4, 0.5) is 5.69 Å². The number of anilines is 1. The second-order valence-corrected chi connectivity index (χ2v) is 4.56. The monoisotopic (exact) mass is 282 g/mol. The van der Waals surface area contributed by atoms with Crippen molar-refractivity contribution < 1.29 is 19.4 Å². The summed E-state index contributed by atoms with van der Waals surface area (Å²) in [6.07, 6.45) is 0. The van der Waals surface area contributed by atoms with E-state index in [1.165, 1.54) is 6.07 Å². The van der Waals surface area contributed by atoms with E-state index in [2.05, 4.69) is 5.32 Å². The van der Waals surface area contributed by atoms with Crippen molar-refractivity contribution in [3.63, 3.8) is 0 Å². The smallest absolute Gasteiger partial charge is 0.337 e. The number of methoxy groups -OCH3 is 1. The summed E-state index contributed by atoms with van der Waals surface area (Å²) in [4.78, 5) is 13.2. The Morgan fingerprint density at radius 1 is 1.35 bits per heavy atom. The quantitative estimate of drug-likeness (QED) is 0.667. The molecule has 0 aliphatic rings. The van der Waals surface area contributed by atoms with Gasteiger partial charge in [-0.05, 0) is 26.2 Å². The van der Waals surface area contributed by atoms with Gasteiger partial charge in [0, 0.05) is 19.2 Å². The molecule has 1 aromatic rings. The fourth-order valence-electron chi connectivity index (χ4n) is 1.59. The zero-order valence-electron chi connectivity index (χ0n) is 12.2. The molecule has 112 valence electrons. The van der Waals surface area contributed by atoms with Gasteiger partial charge in [-0.3, -0.25) is 0 Å². The van der Waals surface area contributed by atoms with Gasteiger partial charge in [0.15, 0.2) is 0 Å². The Kier molecular flexibility index (Phi) is 6.83. The van der Waals surface area contributed by atoms with Crippen molar-refractivity contribution in [1.82, 2.24) is 4.90 Å². The number of likely N-dealkylation sites (N-methyl/N-ethyl adjacent to an activating group) is 1. The van der Waals surface area contributed by atoms with Crippen molar-refractivity contribution in [2.75, 3.05) is 52.8 Å². The maximum absolute atomic E-state index is 11.1. The van der Waals surface area contributed by atoms with E-state index in [0.717, 1.165) is 6.54 Å². The molecule has 6 heteroatoms. The van der Waals surface area contributed by atoms with Crippen molar-refractivity contribution in [3.05, 3.63) is 23.8 Å². The molecule has 0 radical (unpaired) electrons. The predicted octanol–water partition coefficient (Wildman–Crippen LogP) is 1.38. The first kappa shape index (κ1) is 16.3. The van der Waals surface area contributed by atoms with Crippen LogP contribution in [0.5, 0.6) is 5.75 Å². The Balaban J connectivity index is 2.47. The van der Waals surface area contributed by atoms with E-state index in [1.54, 1.807) is 19.2 Å². The highest BCUT2D eigenvalue weighted by molar-refractivity contribution is 5.94. The van der Waals surface area contributed by atoms with E-state index in [0.29, 0.717) is 31.2 Å². The lowest BCUT2D eigenvalue weighted by Gasteiger charge is -2.12. The van der Waals surface area contributed by atoms with Gasteiger partial charge in [-0.15, -0.1) is 0 Å². The first-order valence-electron chi connectivity index (χ1n) is 6.42. The van der Waals surface area contributed by atoms with Gasteiger partial charge < -0.3 is 24.8 Å². The molecule has 20 heavy (non-hydrogen) atoms. The summed E-state index contributed by atoms with van der Waals surface area (Å²) in [7, 11) is 5.51. The zero-order valence-corrected chi connectivity index (χ0v) is 12.2. The fraction of sp³-hybridized carbons (Fsp3) is 0.500. The van der Waals surface area contributed by atoms with Crippen LogP contribution in [0.3, 0.4) is 0 Å². The molecule has 0 spiro atoms. The topological polar surface area (TPSA) is 71.0 Å². The van der Waals surface area contributed by atoms with Crippen LogP contribution >= 0.6 is 0 Å². The first-order valence-corrected chi connectivity index (χ1v) is 6.42. The Labute approximate surface area is 119 Å². The van der Waals surface area contributed by atoms with Crippen LogP contribution in [0.2, 0.25) is 0 Å². The van der Waals surface area contributed by atoms with Gasteiger partial charge >= 0.3 is 5.97 Å². The first-order chi connectivity index (χ1) is 9.54. The highest BCUT2D eigenvalue weighted by Crippen LogP contribution is 2.22. The highest BCUT2D eigenvalue weighted by atomic mass is 16.5. The van der Waals surface area contributed by atoms with E-state index in [4.69, 9.17) is 14.6 Å². The van der Waals surface area contributed by atoms with E-state index in [9.17, 15) is 4.79 Å². The summed E-state index contributed by atoms with van der Waals surface area (Å²) in [6.45, 7) is 2.57. The van der Waals surface area contributed by atoms with Crippen molar-refractivity contribution in [2.45, 2.75) is 0 Å². The molecule has 0 amide bonds. The van der Waals surface area contributed by atoms with Gasteiger partial charge in [-0.25, -0.2) is 4.79 Å². The molecule has 0 heterocycles. The number of carboxylic acid groups (broad SMARTS) is 1. The average Bonchev–Trinajstić information content (AvgIpc) is 2.41. The highest BCUT2D eigenvalue weighted by Gasteiger charge is 2.10. The van der Waals surface area contributed by atoms with E-state index in [1.807, 2.05) is 19.0 Å². The zero-order chi connectivity index (χ0) is 15.0. The van der Waals surface area contributed by atoms with Crippen LogP contribution in [-0.4, -0.2) is 63.5 Å². The lowest BCUT2D eigenvalue weighted by molar-refractivity contribution is 0.0697. The van der Waals surface area contributed by atoms with Gasteiger partial charge in [-0.2, -0.15) is 0 Å². The Morgan fingerprint density at radius 2 is 2.10 bits per heavy atom. The molecule has 2 N–H and O–H groups in total. The summed E-state index contributed by atoms with van der Waals surface area (Å²) >= 11 is 0. The van der Waals surface area contributed by atoms with Crippen LogP contribution in [-0.2, 0) is 4.74 Å². The number of carboxylic acids is 1. The summed E-state index contributed by atoms with van der Waals surface area (Å²) < 4.78 is 10.5. The second kappa shape index (κ2) is 8.39. The molecule has 0 unspecified atom stereocenters. The van der Waals surface area contributed by atoms with Crippen LogP contribution < -0.4 is 10.1 Å². The number of carbonyl (C=O) groups is 1. The third-order valence-corrected chi connectivity index (χ3v) is 2.70. The molecule has 0 atom stereocenters. The van der Waals surface area contributed by atoms with E-state index >= 15 is 0 Å². The molecule has 0 saturated carbocycles. The minimum atomic E-state index is -0.969. The Bertz CT molecular complexity index is 435. The van der Waals surface area contributed by atoms with Gasteiger partial charge in [0.1, 0.15) is 5.75 Å². The molecule has 1 rings (SSSR count). The molecule has 1 aromatic carbocycles. The van der Waals surface area contributed by atoms with Gasteiger partial charge in [-0.1, -0.05) is 0 Å². The number of hydrogen-bond donors (Lipinski definition) is 2. The van der Waals surface area contributed by atoms with Crippen molar-refractivity contribution in [1.29, 1.82) is 0 Å². The van der Waals surface area contributed by atoms with E-state index < -0.39 is 5.97 Å². The predicted molar refractivity (Wildman–Crippen MR) is 77.8 cm³/mol. The van der Waals surface area contributed by atoms with Crippen LogP contribution in [0.1, 0.15) is 10.4 Å². The molecule has 0 bridgehead atoms. The molecular formula is C14H22N2O4. The number of benzene rings is 1. The number of nitrogens with zero attached hydrogens (tertiary/aromatic N) is 1. The minimum absolute atomic E-state index is 0.221. The average molecular weight is 282 g/mol. The normalized spacial score (nSPS) is 10.6. The van der Waals surface area contributed by atoms with E-state index in [-0.39, 0.29) is 5.56 Å². The summed E-state index contributed by atoms with van der Waals surface area (Å²) in [5, 5.41) is 12.2. The third kappa shape index (κ3) is 5.46. The Morgan fingerprint density at radius 3 is 2.70 bits per heavy atom. The second-order valence-electron chi connectivity index (χ2n) is 4.56. The molecule has 6 nitrogen and oxygen atoms in total. The minimum Gasteiger partial charge on any atom is -0.497 e. The summed E-state index contributed by atoms with van der Waals surface area (Å²) in [6, 6.07) is 4.82. The maximum Gasteiger partial charge on any atom is 0.337 e. The lowest BCUT2D eigenvalue weighted by Crippen LogP contribution is -2.20. The molecule has 0 aliphatic carbocycles. The molecule has 0 fully saturated rings. The van der Waals surface area contributed by atoms with Crippen molar-refractivity contribution in [2.24, 2.45) is 0 Å². The standard InChI is InChI=1S/C14H22N2O4/c1-16(2)7-9-20-8-6-15-13-10-11(19-3)4-5-12(13)14(17)18/h4-5,10,15H,6-9H2,1-3H3,(H,17,18). The molecule has 0 saturated heterocycles. The summed E-state index contributed by atoms with van der Waals surface area (Å²) in [5.74, 6) is -0.352. The van der Waals surface area contributed by atoms with Gasteiger partial charge in [0.25, 0.3) is 0 Å². The Hall–Kier alpha value is -1.79. The number of rotatable bonds is 9. The van der Waals surface area contributed by atoms with Crippen LogP contribution in [0.15, 0.2) is 18.2 Å². The van der Waals surface area contributed by atoms with Crippen LogP contribution in [0, 0.1) is 0 Å². The third-order valence-electron chi connectivity index (χ3n) is 2.70. The van der Waals surface area contributed by atoms with Crippen molar-refractivity contribution >= 4 is 11.7 Å². The number of hydrogen-bond acceptors (Lipinski definition) is 5. The number of ether oxygens (including phenoxy) is 2. The summed E-state index contributed by atoms with van der Waals surface area (Å²) in [5.41, 5.74) is 0.757. The molecular weight excluding hydrogens is 260 g/mol. The fourth-order valence-corrected chi connectivity index (χ4v) is 1.59. The van der Waals surface area contributed by atoms with Gasteiger partial charge in [0.2, 0.25) is 0 Å². The SMILES string of the molecule is COc1ccc(C(=O)O)c(NCCOCCN(C)C)c1. The molecule has 0 aliphatic heterocycles. The van der Waals surface area contributed by atoms with Crippen LogP contribution in [0.25, 0.3) is 0 Å². The molecule has 0 aromatic heterocycles. The van der Waals surface area contributed by atoms with Crippen molar-refractivity contribution in [3.8, 4) is 5.75 Å². The largest absolute Gasteiger partial charge is 0.497 e. The maximum atomic E-state index is 11.1. The van der Waals surface area contributed by atoms with Gasteiger partial charge in [0.05, 0.1) is 31.6 Å².